The fourth-order valence-electron chi connectivity index (χ4n) is 2.64. The number of halogens is 1. The highest BCUT2D eigenvalue weighted by atomic mass is 35.5. The van der Waals surface area contributed by atoms with Gasteiger partial charge in [-0.15, -0.1) is 0 Å². The molecule has 0 saturated carbocycles. The molecule has 0 aliphatic heterocycles. The van der Waals surface area contributed by atoms with Gasteiger partial charge < -0.3 is 5.32 Å². The Morgan fingerprint density at radius 1 is 1.19 bits per heavy atom. The van der Waals surface area contributed by atoms with Crippen molar-refractivity contribution < 1.29 is 4.79 Å². The van der Waals surface area contributed by atoms with Crippen LogP contribution in [-0.4, -0.2) is 21.2 Å². The minimum Gasteiger partial charge on any atom is -0.325 e. The van der Waals surface area contributed by atoms with E-state index in [0.29, 0.717) is 33.3 Å². The quantitative estimate of drug-likeness (QED) is 0.490. The number of amides is 1. The van der Waals surface area contributed by atoms with Gasteiger partial charge in [0.2, 0.25) is 5.91 Å². The number of anilines is 1. The second-order valence-corrected chi connectivity index (χ2v) is 7.94. The van der Waals surface area contributed by atoms with Crippen LogP contribution in [0, 0.1) is 5.92 Å². The highest BCUT2D eigenvalue weighted by Crippen LogP contribution is 2.20. The van der Waals surface area contributed by atoms with Gasteiger partial charge in [-0.2, -0.15) is 0 Å². The number of para-hydroxylation sites is 1. The van der Waals surface area contributed by atoms with E-state index in [2.05, 4.69) is 10.3 Å². The lowest BCUT2D eigenvalue weighted by molar-refractivity contribution is -0.113. The number of nitrogens with zero attached hydrogens (tertiary/aromatic N) is 2. The molecule has 0 radical (unpaired) electrons. The second-order valence-electron chi connectivity index (χ2n) is 6.56. The van der Waals surface area contributed by atoms with Crippen molar-refractivity contribution in [1.82, 2.24) is 9.55 Å². The van der Waals surface area contributed by atoms with Gasteiger partial charge in [0.25, 0.3) is 5.56 Å². The molecular weight excluding hydrogens is 382 g/mol. The molecule has 1 N–H and O–H groups in total. The Hall–Kier alpha value is -2.31. The average molecular weight is 402 g/mol. The molecule has 7 heteroatoms. The summed E-state index contributed by atoms with van der Waals surface area (Å²) in [6.07, 6.45) is 0. The number of nitrogens with one attached hydrogen (secondary N) is 1. The van der Waals surface area contributed by atoms with Crippen LogP contribution in [0.3, 0.4) is 0 Å². The molecule has 0 bridgehead atoms. The Labute approximate surface area is 166 Å². The van der Waals surface area contributed by atoms with Crippen LogP contribution in [0.2, 0.25) is 5.02 Å². The van der Waals surface area contributed by atoms with Crippen molar-refractivity contribution in [2.24, 2.45) is 5.92 Å². The van der Waals surface area contributed by atoms with E-state index in [9.17, 15) is 9.59 Å². The van der Waals surface area contributed by atoms with Gasteiger partial charge in [-0.3, -0.25) is 14.2 Å². The summed E-state index contributed by atoms with van der Waals surface area (Å²) in [5, 5.41) is 4.57. The molecule has 1 aromatic heterocycles. The largest absolute Gasteiger partial charge is 0.325 e. The molecule has 3 rings (SSSR count). The zero-order chi connectivity index (χ0) is 19.4. The predicted octanol–water partition coefficient (Wildman–Crippen LogP) is 4.44. The number of thioether (sulfide) groups is 1. The number of fused-ring (bicyclic) bond motifs is 1. The fraction of sp³-hybridized carbons (Fsp3) is 0.250. The third-order valence-electron chi connectivity index (χ3n) is 3.83. The van der Waals surface area contributed by atoms with Crippen molar-refractivity contribution in [3.63, 3.8) is 0 Å². The lowest BCUT2D eigenvalue weighted by Crippen LogP contribution is -2.26. The van der Waals surface area contributed by atoms with Crippen molar-refractivity contribution in [3.05, 3.63) is 63.9 Å². The molecule has 0 aliphatic carbocycles. The Morgan fingerprint density at radius 3 is 2.59 bits per heavy atom. The van der Waals surface area contributed by atoms with Gasteiger partial charge in [-0.1, -0.05) is 49.3 Å². The number of benzene rings is 2. The number of hydrogen-bond acceptors (Lipinski definition) is 4. The summed E-state index contributed by atoms with van der Waals surface area (Å²) in [5.41, 5.74) is 1.24. The summed E-state index contributed by atoms with van der Waals surface area (Å²) in [6, 6.07) is 14.2. The normalized spacial score (nSPS) is 11.1. The molecule has 0 atom stereocenters. The molecule has 1 heterocycles. The first kappa shape index (κ1) is 19.5. The highest BCUT2D eigenvalue weighted by Gasteiger charge is 2.14. The van der Waals surface area contributed by atoms with Crippen molar-refractivity contribution in [2.75, 3.05) is 11.1 Å². The maximum absolute atomic E-state index is 12.8. The topological polar surface area (TPSA) is 64.0 Å². The molecule has 27 heavy (non-hydrogen) atoms. The van der Waals surface area contributed by atoms with Gasteiger partial charge in [0, 0.05) is 17.3 Å². The maximum atomic E-state index is 12.8. The van der Waals surface area contributed by atoms with Gasteiger partial charge >= 0.3 is 0 Å². The first-order valence-corrected chi connectivity index (χ1v) is 9.98. The summed E-state index contributed by atoms with van der Waals surface area (Å²) in [5.74, 6) is 0.277. The van der Waals surface area contributed by atoms with Gasteiger partial charge in [0.1, 0.15) is 0 Å². The van der Waals surface area contributed by atoms with E-state index in [1.165, 1.54) is 11.8 Å². The Morgan fingerprint density at radius 2 is 1.89 bits per heavy atom. The average Bonchev–Trinajstić information content (AvgIpc) is 2.64. The minimum atomic E-state index is -0.166. The minimum absolute atomic E-state index is 0.0742. The van der Waals surface area contributed by atoms with E-state index < -0.39 is 0 Å². The smallest absolute Gasteiger partial charge is 0.262 e. The molecule has 5 nitrogen and oxygen atoms in total. The summed E-state index contributed by atoms with van der Waals surface area (Å²) >= 11 is 7.12. The van der Waals surface area contributed by atoms with Crippen molar-refractivity contribution >= 4 is 45.9 Å². The third kappa shape index (κ3) is 4.90. The molecule has 1 amide bonds. The molecular formula is C20H20ClN3O2S. The van der Waals surface area contributed by atoms with Gasteiger partial charge in [-0.25, -0.2) is 4.98 Å². The summed E-state index contributed by atoms with van der Waals surface area (Å²) in [7, 11) is 0. The lowest BCUT2D eigenvalue weighted by Gasteiger charge is -2.14. The molecule has 0 unspecified atom stereocenters. The zero-order valence-corrected chi connectivity index (χ0v) is 16.7. The second kappa shape index (κ2) is 8.59. The standard InChI is InChI=1S/C20H20ClN3O2S/c1-13(2)11-24-19(26)16-5-3-4-6-17(16)23-20(24)27-12-18(25)22-15-9-7-14(21)8-10-15/h3-10,13H,11-12H2,1-2H3,(H,22,25). The van der Waals surface area contributed by atoms with Crippen LogP contribution in [0.4, 0.5) is 5.69 Å². The van der Waals surface area contributed by atoms with Crippen LogP contribution in [0.1, 0.15) is 13.8 Å². The van der Waals surface area contributed by atoms with Gasteiger partial charge in [0.15, 0.2) is 5.16 Å². The van der Waals surface area contributed by atoms with Crippen LogP contribution >= 0.6 is 23.4 Å². The molecule has 0 fully saturated rings. The number of aromatic nitrogens is 2. The number of hydrogen-bond donors (Lipinski definition) is 1. The highest BCUT2D eigenvalue weighted by molar-refractivity contribution is 7.99. The van der Waals surface area contributed by atoms with E-state index in [0.717, 1.165) is 0 Å². The Balaban J connectivity index is 1.81. The summed E-state index contributed by atoms with van der Waals surface area (Å²) in [4.78, 5) is 29.7. The molecule has 0 saturated heterocycles. The third-order valence-corrected chi connectivity index (χ3v) is 5.06. The molecule has 140 valence electrons. The van der Waals surface area contributed by atoms with E-state index >= 15 is 0 Å². The van der Waals surface area contributed by atoms with Crippen LogP contribution in [-0.2, 0) is 11.3 Å². The molecule has 0 spiro atoms. The Kier molecular flexibility index (Phi) is 6.19. The number of carbonyl (C=O) groups is 1. The van der Waals surface area contributed by atoms with E-state index in [-0.39, 0.29) is 23.1 Å². The summed E-state index contributed by atoms with van der Waals surface area (Å²) in [6.45, 7) is 4.64. The number of rotatable bonds is 6. The van der Waals surface area contributed by atoms with Crippen LogP contribution in [0.5, 0.6) is 0 Å². The maximum Gasteiger partial charge on any atom is 0.262 e. The molecule has 2 aromatic carbocycles. The van der Waals surface area contributed by atoms with E-state index in [1.807, 2.05) is 32.0 Å². The van der Waals surface area contributed by atoms with Crippen LogP contribution < -0.4 is 10.9 Å². The fourth-order valence-corrected chi connectivity index (χ4v) is 3.58. The lowest BCUT2D eigenvalue weighted by atomic mass is 10.2. The number of carbonyl (C=O) groups excluding carboxylic acids is 1. The van der Waals surface area contributed by atoms with Crippen molar-refractivity contribution in [3.8, 4) is 0 Å². The van der Waals surface area contributed by atoms with Crippen molar-refractivity contribution in [1.29, 1.82) is 0 Å². The first-order chi connectivity index (χ1) is 12.9. The van der Waals surface area contributed by atoms with Gasteiger partial charge in [-0.05, 0) is 42.3 Å². The SMILES string of the molecule is CC(C)Cn1c(SCC(=O)Nc2ccc(Cl)cc2)nc2ccccc2c1=O. The van der Waals surface area contributed by atoms with Crippen LogP contribution in [0.15, 0.2) is 58.5 Å². The molecule has 3 aromatic rings. The first-order valence-electron chi connectivity index (χ1n) is 8.62. The van der Waals surface area contributed by atoms with Gasteiger partial charge in [0.05, 0.1) is 16.7 Å². The van der Waals surface area contributed by atoms with E-state index in [4.69, 9.17) is 11.6 Å². The monoisotopic (exact) mass is 401 g/mol. The molecule has 0 aliphatic rings. The van der Waals surface area contributed by atoms with E-state index in [1.54, 1.807) is 34.9 Å². The predicted molar refractivity (Wildman–Crippen MR) is 112 cm³/mol. The van der Waals surface area contributed by atoms with Crippen LogP contribution in [0.25, 0.3) is 10.9 Å². The Bertz CT molecular complexity index is 1020. The summed E-state index contributed by atoms with van der Waals surface area (Å²) < 4.78 is 1.66. The van der Waals surface area contributed by atoms with Crippen molar-refractivity contribution in [2.45, 2.75) is 25.5 Å². The zero-order valence-electron chi connectivity index (χ0n) is 15.1.